The molecule has 0 bridgehead atoms. The van der Waals surface area contributed by atoms with Gasteiger partial charge in [0.2, 0.25) is 0 Å². The molecule has 4 heteroatoms. The van der Waals surface area contributed by atoms with Crippen molar-refractivity contribution < 1.29 is 9.53 Å². The van der Waals surface area contributed by atoms with Crippen LogP contribution in [0, 0.1) is 6.92 Å². The predicted molar refractivity (Wildman–Crippen MR) is 72.5 cm³/mol. The summed E-state index contributed by atoms with van der Waals surface area (Å²) in [6.07, 6.45) is 3.36. The van der Waals surface area contributed by atoms with E-state index in [0.717, 1.165) is 31.5 Å². The third-order valence-electron chi connectivity index (χ3n) is 3.35. The quantitative estimate of drug-likeness (QED) is 0.823. The van der Waals surface area contributed by atoms with Crippen molar-refractivity contribution in [1.82, 2.24) is 4.90 Å². The van der Waals surface area contributed by atoms with Crippen LogP contribution in [0.3, 0.4) is 0 Å². The molecular weight excluding hydrogens is 250 g/mol. The van der Waals surface area contributed by atoms with Gasteiger partial charge in [0.1, 0.15) is 5.75 Å². The number of nitrogens with zero attached hydrogens (tertiary/aromatic N) is 1. The number of halogens is 1. The predicted octanol–water partition coefficient (Wildman–Crippen LogP) is 3.28. The number of carbonyl (C=O) groups is 1. The number of carbonyl (C=O) groups excluding carboxylic acids is 1. The van der Waals surface area contributed by atoms with Gasteiger partial charge in [0.25, 0.3) is 5.91 Å². The van der Waals surface area contributed by atoms with Crippen LogP contribution < -0.4 is 4.74 Å². The molecule has 1 aliphatic heterocycles. The highest BCUT2D eigenvalue weighted by Crippen LogP contribution is 2.28. The summed E-state index contributed by atoms with van der Waals surface area (Å²) in [7, 11) is 1.58. The Hall–Kier alpha value is -1.22. The lowest BCUT2D eigenvalue weighted by Crippen LogP contribution is -2.35. The van der Waals surface area contributed by atoms with Crippen LogP contribution in [-0.4, -0.2) is 31.0 Å². The van der Waals surface area contributed by atoms with Crippen LogP contribution in [0.4, 0.5) is 0 Å². The Morgan fingerprint density at radius 2 is 1.94 bits per heavy atom. The molecule has 0 radical (unpaired) electrons. The monoisotopic (exact) mass is 267 g/mol. The molecule has 1 aromatic carbocycles. The minimum atomic E-state index is 0.0217. The highest BCUT2D eigenvalue weighted by molar-refractivity contribution is 6.31. The second-order valence-electron chi connectivity index (χ2n) is 4.65. The van der Waals surface area contributed by atoms with Crippen LogP contribution in [0.5, 0.6) is 5.75 Å². The van der Waals surface area contributed by atoms with Gasteiger partial charge in [-0.05, 0) is 43.9 Å². The van der Waals surface area contributed by atoms with Crippen LogP contribution in [0.15, 0.2) is 12.1 Å². The van der Waals surface area contributed by atoms with E-state index in [1.807, 2.05) is 17.9 Å². The minimum Gasteiger partial charge on any atom is -0.496 e. The van der Waals surface area contributed by atoms with E-state index in [0.29, 0.717) is 16.3 Å². The van der Waals surface area contributed by atoms with Gasteiger partial charge in [-0.25, -0.2) is 0 Å². The second kappa shape index (κ2) is 5.61. The van der Waals surface area contributed by atoms with Crippen molar-refractivity contribution in [1.29, 1.82) is 0 Å². The molecule has 1 saturated heterocycles. The average Bonchev–Trinajstić information content (AvgIpc) is 2.41. The SMILES string of the molecule is COc1cc(C)c(Cl)cc1C(=O)N1CCCCC1. The fourth-order valence-corrected chi connectivity index (χ4v) is 2.42. The fraction of sp³-hybridized carbons (Fsp3) is 0.500. The molecule has 1 heterocycles. The van der Waals surface area contributed by atoms with E-state index < -0.39 is 0 Å². The van der Waals surface area contributed by atoms with Gasteiger partial charge >= 0.3 is 0 Å². The molecule has 0 N–H and O–H groups in total. The van der Waals surface area contributed by atoms with E-state index in [1.54, 1.807) is 13.2 Å². The van der Waals surface area contributed by atoms with Crippen molar-refractivity contribution in [3.63, 3.8) is 0 Å². The molecule has 1 amide bonds. The van der Waals surface area contributed by atoms with Crippen molar-refractivity contribution in [3.8, 4) is 5.75 Å². The highest BCUT2D eigenvalue weighted by atomic mass is 35.5. The number of methoxy groups -OCH3 is 1. The topological polar surface area (TPSA) is 29.5 Å². The molecule has 1 fully saturated rings. The third kappa shape index (κ3) is 2.61. The summed E-state index contributed by atoms with van der Waals surface area (Å²) in [4.78, 5) is 14.3. The summed E-state index contributed by atoms with van der Waals surface area (Å²) in [5.41, 5.74) is 1.48. The Morgan fingerprint density at radius 3 is 2.56 bits per heavy atom. The van der Waals surface area contributed by atoms with Crippen LogP contribution >= 0.6 is 11.6 Å². The number of hydrogen-bond donors (Lipinski definition) is 0. The third-order valence-corrected chi connectivity index (χ3v) is 3.76. The van der Waals surface area contributed by atoms with Crippen molar-refractivity contribution in [3.05, 3.63) is 28.3 Å². The largest absolute Gasteiger partial charge is 0.496 e. The number of piperidine rings is 1. The smallest absolute Gasteiger partial charge is 0.257 e. The molecule has 18 heavy (non-hydrogen) atoms. The molecule has 0 aromatic heterocycles. The summed E-state index contributed by atoms with van der Waals surface area (Å²) in [5.74, 6) is 0.626. The minimum absolute atomic E-state index is 0.0217. The number of amides is 1. The maximum absolute atomic E-state index is 12.4. The zero-order valence-electron chi connectivity index (χ0n) is 10.8. The first-order valence-corrected chi connectivity index (χ1v) is 6.64. The molecular formula is C14H18ClNO2. The van der Waals surface area contributed by atoms with Crippen molar-refractivity contribution in [2.75, 3.05) is 20.2 Å². The molecule has 3 nitrogen and oxygen atoms in total. The molecule has 0 aliphatic carbocycles. The van der Waals surface area contributed by atoms with Gasteiger partial charge in [0, 0.05) is 18.1 Å². The zero-order chi connectivity index (χ0) is 13.1. The normalized spacial score (nSPS) is 15.6. The molecule has 0 unspecified atom stereocenters. The van der Waals surface area contributed by atoms with Gasteiger partial charge < -0.3 is 9.64 Å². The number of likely N-dealkylation sites (tertiary alicyclic amines) is 1. The van der Waals surface area contributed by atoms with Crippen molar-refractivity contribution in [2.24, 2.45) is 0 Å². The summed E-state index contributed by atoms with van der Waals surface area (Å²) in [6.45, 7) is 3.56. The van der Waals surface area contributed by atoms with E-state index in [1.165, 1.54) is 6.42 Å². The van der Waals surface area contributed by atoms with Gasteiger partial charge in [0.15, 0.2) is 0 Å². The summed E-state index contributed by atoms with van der Waals surface area (Å²) in [6, 6.07) is 3.53. The van der Waals surface area contributed by atoms with E-state index >= 15 is 0 Å². The second-order valence-corrected chi connectivity index (χ2v) is 5.06. The van der Waals surface area contributed by atoms with Gasteiger partial charge in [-0.1, -0.05) is 11.6 Å². The average molecular weight is 268 g/mol. The molecule has 98 valence electrons. The Morgan fingerprint density at radius 1 is 1.28 bits per heavy atom. The fourth-order valence-electron chi connectivity index (χ4n) is 2.26. The van der Waals surface area contributed by atoms with Crippen LogP contribution in [-0.2, 0) is 0 Å². The van der Waals surface area contributed by atoms with Gasteiger partial charge in [-0.3, -0.25) is 4.79 Å². The molecule has 2 rings (SSSR count). The first-order valence-electron chi connectivity index (χ1n) is 6.27. The number of hydrogen-bond acceptors (Lipinski definition) is 2. The number of ether oxygens (including phenoxy) is 1. The Kier molecular flexibility index (Phi) is 4.12. The van der Waals surface area contributed by atoms with Crippen LogP contribution in [0.2, 0.25) is 5.02 Å². The number of benzene rings is 1. The van der Waals surface area contributed by atoms with Crippen molar-refractivity contribution in [2.45, 2.75) is 26.2 Å². The van der Waals surface area contributed by atoms with Gasteiger partial charge in [0.05, 0.1) is 12.7 Å². The summed E-state index contributed by atoms with van der Waals surface area (Å²) < 4.78 is 5.29. The van der Waals surface area contributed by atoms with Gasteiger partial charge in [-0.2, -0.15) is 0 Å². The molecule has 0 spiro atoms. The lowest BCUT2D eigenvalue weighted by molar-refractivity contribution is 0.0721. The van der Waals surface area contributed by atoms with E-state index in [-0.39, 0.29) is 5.91 Å². The standard InChI is InChI=1S/C14H18ClNO2/c1-10-8-13(18-2)11(9-12(10)15)14(17)16-6-4-3-5-7-16/h8-9H,3-7H2,1-2H3. The van der Waals surface area contributed by atoms with Crippen LogP contribution in [0.25, 0.3) is 0 Å². The van der Waals surface area contributed by atoms with E-state index in [9.17, 15) is 4.79 Å². The van der Waals surface area contributed by atoms with Gasteiger partial charge in [-0.15, -0.1) is 0 Å². The Balaban J connectivity index is 2.31. The lowest BCUT2D eigenvalue weighted by atomic mass is 10.1. The Bertz CT molecular complexity index is 453. The lowest BCUT2D eigenvalue weighted by Gasteiger charge is -2.27. The summed E-state index contributed by atoms with van der Waals surface area (Å²) in [5, 5.41) is 0.608. The van der Waals surface area contributed by atoms with E-state index in [4.69, 9.17) is 16.3 Å². The highest BCUT2D eigenvalue weighted by Gasteiger charge is 2.22. The van der Waals surface area contributed by atoms with Crippen molar-refractivity contribution >= 4 is 17.5 Å². The van der Waals surface area contributed by atoms with Crippen LogP contribution in [0.1, 0.15) is 35.2 Å². The maximum atomic E-state index is 12.4. The molecule has 0 atom stereocenters. The number of rotatable bonds is 2. The zero-order valence-corrected chi connectivity index (χ0v) is 11.6. The van der Waals surface area contributed by atoms with E-state index in [2.05, 4.69) is 0 Å². The summed E-state index contributed by atoms with van der Waals surface area (Å²) >= 11 is 6.10. The first-order chi connectivity index (χ1) is 8.63. The molecule has 1 aliphatic rings. The Labute approximate surface area is 113 Å². The molecule has 0 saturated carbocycles. The maximum Gasteiger partial charge on any atom is 0.257 e. The molecule has 1 aromatic rings. The number of aryl methyl sites for hydroxylation is 1. The first kappa shape index (κ1) is 13.2.